The summed E-state index contributed by atoms with van der Waals surface area (Å²) >= 11 is 1.12. The Kier molecular flexibility index (Phi) is 4.97. The maximum absolute atomic E-state index is 12.1. The first-order valence-corrected chi connectivity index (χ1v) is 8.60. The molecule has 1 atom stereocenters. The molecule has 7 heteroatoms. The molecule has 108 valence electrons. The average molecular weight is 305 g/mol. The van der Waals surface area contributed by atoms with Gasteiger partial charge >= 0.3 is 0 Å². The van der Waals surface area contributed by atoms with Crippen molar-refractivity contribution < 1.29 is 18.3 Å². The number of ether oxygens (including phenoxy) is 1. The highest BCUT2D eigenvalue weighted by Crippen LogP contribution is 2.26. The summed E-state index contributed by atoms with van der Waals surface area (Å²) in [6, 6.07) is 1.61. The third kappa shape index (κ3) is 3.76. The molecule has 19 heavy (non-hydrogen) atoms. The standard InChI is InChI=1S/C12H19NO4S2/c1-9-5-12(18-11(9)7-14)19(15,16)13-6-10-3-2-4-17-8-10/h5,10,13-14H,2-4,6-8H2,1H3. The van der Waals surface area contributed by atoms with E-state index in [4.69, 9.17) is 9.84 Å². The molecule has 0 spiro atoms. The third-order valence-electron chi connectivity index (χ3n) is 3.22. The van der Waals surface area contributed by atoms with Crippen molar-refractivity contribution in [1.82, 2.24) is 4.72 Å². The minimum absolute atomic E-state index is 0.123. The van der Waals surface area contributed by atoms with Gasteiger partial charge in [-0.25, -0.2) is 13.1 Å². The van der Waals surface area contributed by atoms with Gasteiger partial charge in [-0.1, -0.05) is 0 Å². The van der Waals surface area contributed by atoms with Gasteiger partial charge in [-0.05, 0) is 37.3 Å². The lowest BCUT2D eigenvalue weighted by Crippen LogP contribution is -2.32. The SMILES string of the molecule is Cc1cc(S(=O)(=O)NCC2CCCOC2)sc1CO. The lowest BCUT2D eigenvalue weighted by atomic mass is 10.0. The van der Waals surface area contributed by atoms with Crippen LogP contribution >= 0.6 is 11.3 Å². The lowest BCUT2D eigenvalue weighted by molar-refractivity contribution is 0.0568. The molecule has 1 saturated heterocycles. The van der Waals surface area contributed by atoms with Crippen molar-refractivity contribution in [2.24, 2.45) is 5.92 Å². The molecule has 5 nitrogen and oxygen atoms in total. The van der Waals surface area contributed by atoms with Gasteiger partial charge in [0.1, 0.15) is 4.21 Å². The highest BCUT2D eigenvalue weighted by molar-refractivity contribution is 7.91. The Balaban J connectivity index is 2.00. The van der Waals surface area contributed by atoms with Gasteiger partial charge in [-0.3, -0.25) is 0 Å². The Hall–Kier alpha value is -0.470. The molecule has 0 aromatic carbocycles. The van der Waals surface area contributed by atoms with Crippen LogP contribution in [-0.2, 0) is 21.4 Å². The van der Waals surface area contributed by atoms with Crippen molar-refractivity contribution in [3.63, 3.8) is 0 Å². The minimum atomic E-state index is -3.47. The van der Waals surface area contributed by atoms with E-state index in [0.29, 0.717) is 18.0 Å². The molecule has 0 aliphatic carbocycles. The summed E-state index contributed by atoms with van der Waals surface area (Å²) in [5.41, 5.74) is 0.814. The lowest BCUT2D eigenvalue weighted by Gasteiger charge is -2.21. The predicted octanol–water partition coefficient (Wildman–Crippen LogP) is 1.25. The Bertz CT molecular complexity index is 518. The van der Waals surface area contributed by atoms with Gasteiger partial charge in [0.05, 0.1) is 13.2 Å². The second kappa shape index (κ2) is 6.32. The predicted molar refractivity (Wildman–Crippen MR) is 73.7 cm³/mol. The smallest absolute Gasteiger partial charge is 0.250 e. The van der Waals surface area contributed by atoms with E-state index in [1.54, 1.807) is 13.0 Å². The Morgan fingerprint density at radius 1 is 1.58 bits per heavy atom. The summed E-state index contributed by atoms with van der Waals surface area (Å²) in [7, 11) is -3.47. The summed E-state index contributed by atoms with van der Waals surface area (Å²) in [5.74, 6) is 0.252. The maximum Gasteiger partial charge on any atom is 0.250 e. The fourth-order valence-electron chi connectivity index (χ4n) is 2.05. The molecule has 0 radical (unpaired) electrons. The molecule has 0 saturated carbocycles. The zero-order valence-electron chi connectivity index (χ0n) is 10.9. The summed E-state index contributed by atoms with van der Waals surface area (Å²) in [6.07, 6.45) is 1.98. The molecule has 1 aromatic heterocycles. The van der Waals surface area contributed by atoms with Crippen LogP contribution in [0.25, 0.3) is 0 Å². The Labute approximate surface area is 117 Å². The van der Waals surface area contributed by atoms with Crippen LogP contribution in [0.3, 0.4) is 0 Å². The highest BCUT2D eigenvalue weighted by atomic mass is 32.2. The number of nitrogens with one attached hydrogen (secondary N) is 1. The molecule has 1 aliphatic heterocycles. The Morgan fingerprint density at radius 2 is 2.37 bits per heavy atom. The van der Waals surface area contributed by atoms with Crippen LogP contribution in [0, 0.1) is 12.8 Å². The van der Waals surface area contributed by atoms with E-state index in [1.807, 2.05) is 0 Å². The molecular formula is C12H19NO4S2. The van der Waals surface area contributed by atoms with Gasteiger partial charge in [0, 0.05) is 18.0 Å². The first-order chi connectivity index (χ1) is 9.03. The number of aliphatic hydroxyl groups is 1. The van der Waals surface area contributed by atoms with E-state index in [-0.39, 0.29) is 16.7 Å². The molecule has 1 aromatic rings. The summed E-state index contributed by atoms with van der Waals surface area (Å²) in [5, 5.41) is 9.11. The van der Waals surface area contributed by atoms with E-state index in [2.05, 4.69) is 4.72 Å². The van der Waals surface area contributed by atoms with E-state index < -0.39 is 10.0 Å². The van der Waals surface area contributed by atoms with Crippen molar-refractivity contribution in [3.8, 4) is 0 Å². The molecule has 1 fully saturated rings. The monoisotopic (exact) mass is 305 g/mol. The van der Waals surface area contributed by atoms with Gasteiger partial charge < -0.3 is 9.84 Å². The fourth-order valence-corrected chi connectivity index (χ4v) is 4.65. The molecule has 1 aliphatic rings. The number of rotatable bonds is 5. The number of hydrogen-bond donors (Lipinski definition) is 2. The van der Waals surface area contributed by atoms with Crippen LogP contribution in [-0.4, -0.2) is 33.3 Å². The number of thiophene rings is 1. The first-order valence-electron chi connectivity index (χ1n) is 6.30. The fraction of sp³-hybridized carbons (Fsp3) is 0.667. The van der Waals surface area contributed by atoms with Crippen LogP contribution in [0.2, 0.25) is 0 Å². The van der Waals surface area contributed by atoms with Crippen molar-refractivity contribution in [1.29, 1.82) is 0 Å². The molecular weight excluding hydrogens is 286 g/mol. The molecule has 2 heterocycles. The van der Waals surface area contributed by atoms with E-state index in [1.165, 1.54) is 0 Å². The number of aliphatic hydroxyl groups excluding tert-OH is 1. The average Bonchev–Trinajstić information content (AvgIpc) is 2.80. The second-order valence-electron chi connectivity index (χ2n) is 4.76. The van der Waals surface area contributed by atoms with E-state index in [9.17, 15) is 8.42 Å². The van der Waals surface area contributed by atoms with Crippen LogP contribution in [0.4, 0.5) is 0 Å². The normalized spacial score (nSPS) is 20.6. The molecule has 2 rings (SSSR count). The zero-order valence-corrected chi connectivity index (χ0v) is 12.5. The van der Waals surface area contributed by atoms with Crippen molar-refractivity contribution in [3.05, 3.63) is 16.5 Å². The minimum Gasteiger partial charge on any atom is -0.391 e. The van der Waals surface area contributed by atoms with Gasteiger partial charge in [-0.15, -0.1) is 11.3 Å². The first kappa shape index (κ1) is 14.9. The van der Waals surface area contributed by atoms with Crippen LogP contribution < -0.4 is 4.72 Å². The third-order valence-corrected chi connectivity index (χ3v) is 6.34. The van der Waals surface area contributed by atoms with E-state index >= 15 is 0 Å². The largest absolute Gasteiger partial charge is 0.391 e. The number of sulfonamides is 1. The molecule has 0 bridgehead atoms. The zero-order chi connectivity index (χ0) is 13.9. The van der Waals surface area contributed by atoms with Crippen molar-refractivity contribution >= 4 is 21.4 Å². The molecule has 0 amide bonds. The van der Waals surface area contributed by atoms with Crippen molar-refractivity contribution in [2.75, 3.05) is 19.8 Å². The summed E-state index contributed by atoms with van der Waals surface area (Å²) < 4.78 is 32.5. The topological polar surface area (TPSA) is 75.6 Å². The van der Waals surface area contributed by atoms with Gasteiger partial charge in [0.15, 0.2) is 0 Å². The van der Waals surface area contributed by atoms with Crippen LogP contribution in [0.5, 0.6) is 0 Å². The highest BCUT2D eigenvalue weighted by Gasteiger charge is 2.21. The molecule has 1 unspecified atom stereocenters. The van der Waals surface area contributed by atoms with Crippen LogP contribution in [0.15, 0.2) is 10.3 Å². The van der Waals surface area contributed by atoms with Gasteiger partial charge in [0.25, 0.3) is 0 Å². The second-order valence-corrected chi connectivity index (χ2v) is 7.90. The van der Waals surface area contributed by atoms with E-state index in [0.717, 1.165) is 36.3 Å². The number of aryl methyl sites for hydroxylation is 1. The maximum atomic E-state index is 12.1. The molecule has 2 N–H and O–H groups in total. The summed E-state index contributed by atoms with van der Waals surface area (Å²) in [6.45, 7) is 3.48. The summed E-state index contributed by atoms with van der Waals surface area (Å²) in [4.78, 5) is 0.696. The van der Waals surface area contributed by atoms with Crippen molar-refractivity contribution in [2.45, 2.75) is 30.6 Å². The van der Waals surface area contributed by atoms with Gasteiger partial charge in [0.2, 0.25) is 10.0 Å². The van der Waals surface area contributed by atoms with Crippen LogP contribution in [0.1, 0.15) is 23.3 Å². The van der Waals surface area contributed by atoms with Gasteiger partial charge in [-0.2, -0.15) is 0 Å². The number of hydrogen-bond acceptors (Lipinski definition) is 5. The quantitative estimate of drug-likeness (QED) is 0.858. The Morgan fingerprint density at radius 3 is 2.95 bits per heavy atom.